The summed E-state index contributed by atoms with van der Waals surface area (Å²) >= 11 is 4.82. The van der Waals surface area contributed by atoms with Crippen LogP contribution < -0.4 is 0 Å². The SMILES string of the molecule is CC.Oc1c(F)c(F)c(Cl)c(F)c1F. The predicted octanol–water partition coefficient (Wildman–Crippen LogP) is 3.63. The Hall–Kier alpha value is -0.970. The molecule has 0 bridgehead atoms. The highest BCUT2D eigenvalue weighted by molar-refractivity contribution is 6.30. The molecule has 0 saturated carbocycles. The third-order valence-corrected chi connectivity index (χ3v) is 1.52. The van der Waals surface area contributed by atoms with Gasteiger partial charge in [0.2, 0.25) is 11.6 Å². The molecule has 0 atom stereocenters. The molecule has 1 N–H and O–H groups in total. The highest BCUT2D eigenvalue weighted by atomic mass is 35.5. The highest BCUT2D eigenvalue weighted by Crippen LogP contribution is 2.31. The molecule has 0 radical (unpaired) electrons. The minimum absolute atomic E-state index is 1.32. The van der Waals surface area contributed by atoms with Gasteiger partial charge in [-0.1, -0.05) is 25.4 Å². The number of aromatic hydroxyl groups is 1. The van der Waals surface area contributed by atoms with Crippen molar-refractivity contribution in [1.29, 1.82) is 0 Å². The molecule has 0 aromatic heterocycles. The Kier molecular flexibility index (Phi) is 4.70. The minimum Gasteiger partial charge on any atom is -0.503 e. The van der Waals surface area contributed by atoms with Gasteiger partial charge in [-0.3, -0.25) is 0 Å². The smallest absolute Gasteiger partial charge is 0.205 e. The van der Waals surface area contributed by atoms with Crippen molar-refractivity contribution >= 4 is 11.6 Å². The van der Waals surface area contributed by atoms with Crippen LogP contribution in [0.1, 0.15) is 13.8 Å². The van der Waals surface area contributed by atoms with Gasteiger partial charge in [-0.25, -0.2) is 8.78 Å². The van der Waals surface area contributed by atoms with E-state index in [9.17, 15) is 17.6 Å². The van der Waals surface area contributed by atoms with Crippen molar-refractivity contribution in [3.63, 3.8) is 0 Å². The maximum atomic E-state index is 12.4. The van der Waals surface area contributed by atoms with Gasteiger partial charge in [-0.05, 0) is 0 Å². The lowest BCUT2D eigenvalue weighted by molar-refractivity contribution is 0.357. The van der Waals surface area contributed by atoms with Crippen molar-refractivity contribution in [3.8, 4) is 5.75 Å². The van der Waals surface area contributed by atoms with Crippen molar-refractivity contribution < 1.29 is 22.7 Å². The standard InChI is InChI=1S/C6HClF4O.C2H6/c7-1-2(8)4(10)6(12)5(11)3(1)9;1-2/h12H;1-2H3. The van der Waals surface area contributed by atoms with E-state index < -0.39 is 34.0 Å². The van der Waals surface area contributed by atoms with Crippen LogP contribution in [0.3, 0.4) is 0 Å². The lowest BCUT2D eigenvalue weighted by Crippen LogP contribution is -1.95. The van der Waals surface area contributed by atoms with Crippen LogP contribution in [0.5, 0.6) is 5.75 Å². The molecule has 1 aromatic carbocycles. The van der Waals surface area contributed by atoms with E-state index in [1.165, 1.54) is 0 Å². The molecule has 1 aromatic rings. The molecule has 0 aliphatic rings. The second-order valence-corrected chi connectivity index (χ2v) is 2.30. The van der Waals surface area contributed by atoms with Crippen LogP contribution in [-0.2, 0) is 0 Å². The van der Waals surface area contributed by atoms with Gasteiger partial charge in [-0.2, -0.15) is 8.78 Å². The summed E-state index contributed by atoms with van der Waals surface area (Å²) in [4.78, 5) is 0. The first-order valence-corrected chi connectivity index (χ1v) is 4.05. The zero-order valence-electron chi connectivity index (χ0n) is 7.34. The Morgan fingerprint density at radius 3 is 1.43 bits per heavy atom. The molecule has 0 aliphatic heterocycles. The molecular weight excluding hydrogens is 224 g/mol. The topological polar surface area (TPSA) is 20.2 Å². The number of hydrogen-bond donors (Lipinski definition) is 1. The van der Waals surface area contributed by atoms with Gasteiger partial charge in [0, 0.05) is 0 Å². The van der Waals surface area contributed by atoms with E-state index in [-0.39, 0.29) is 0 Å². The maximum absolute atomic E-state index is 12.4. The average Bonchev–Trinajstić information content (AvgIpc) is 2.24. The van der Waals surface area contributed by atoms with Crippen LogP contribution >= 0.6 is 11.6 Å². The lowest BCUT2D eigenvalue weighted by Gasteiger charge is -2.01. The fraction of sp³-hybridized carbons (Fsp3) is 0.250. The largest absolute Gasteiger partial charge is 0.503 e. The van der Waals surface area contributed by atoms with Crippen molar-refractivity contribution in [2.24, 2.45) is 0 Å². The van der Waals surface area contributed by atoms with E-state index in [4.69, 9.17) is 16.7 Å². The van der Waals surface area contributed by atoms with Gasteiger partial charge >= 0.3 is 0 Å². The minimum atomic E-state index is -1.90. The molecule has 0 unspecified atom stereocenters. The first-order valence-electron chi connectivity index (χ1n) is 3.67. The number of halogens is 5. The van der Waals surface area contributed by atoms with E-state index in [0.717, 1.165) is 0 Å². The summed E-state index contributed by atoms with van der Waals surface area (Å²) in [5.41, 5.74) is 0. The molecule has 0 saturated heterocycles. The second kappa shape index (κ2) is 5.05. The number of hydrogen-bond acceptors (Lipinski definition) is 1. The van der Waals surface area contributed by atoms with Gasteiger partial charge in [0.25, 0.3) is 0 Å². The van der Waals surface area contributed by atoms with Crippen molar-refractivity contribution in [3.05, 3.63) is 28.3 Å². The second-order valence-electron chi connectivity index (χ2n) is 1.92. The summed E-state index contributed by atoms with van der Waals surface area (Å²) in [6, 6.07) is 0. The van der Waals surface area contributed by atoms with E-state index in [2.05, 4.69) is 0 Å². The number of benzene rings is 1. The molecule has 1 rings (SSSR count). The Labute approximate surface area is 82.9 Å². The molecular formula is C8H7ClF4O. The number of phenols is 1. The normalized spacial score (nSPS) is 9.36. The quantitative estimate of drug-likeness (QED) is 0.410. The zero-order chi connectivity index (χ0) is 11.5. The maximum Gasteiger partial charge on any atom is 0.205 e. The van der Waals surface area contributed by atoms with Crippen molar-refractivity contribution in [2.75, 3.05) is 0 Å². The van der Waals surface area contributed by atoms with E-state index in [1.807, 2.05) is 13.8 Å². The summed E-state index contributed by atoms with van der Waals surface area (Å²) in [6.07, 6.45) is 0. The van der Waals surface area contributed by atoms with Crippen LogP contribution in [-0.4, -0.2) is 5.11 Å². The Balaban J connectivity index is 0.000000791. The van der Waals surface area contributed by atoms with Crippen LogP contribution in [0.15, 0.2) is 0 Å². The van der Waals surface area contributed by atoms with E-state index in [0.29, 0.717) is 0 Å². The summed E-state index contributed by atoms with van der Waals surface area (Å²) in [7, 11) is 0. The molecule has 0 spiro atoms. The highest BCUT2D eigenvalue weighted by Gasteiger charge is 2.23. The van der Waals surface area contributed by atoms with Crippen LogP contribution in [0.4, 0.5) is 17.6 Å². The molecule has 0 aliphatic carbocycles. The van der Waals surface area contributed by atoms with Crippen LogP contribution in [0.2, 0.25) is 5.02 Å². The molecule has 0 amide bonds. The summed E-state index contributed by atoms with van der Waals surface area (Å²) in [5.74, 6) is -9.15. The summed E-state index contributed by atoms with van der Waals surface area (Å²) in [6.45, 7) is 4.00. The third-order valence-electron chi connectivity index (χ3n) is 1.19. The summed E-state index contributed by atoms with van der Waals surface area (Å²) < 4.78 is 49.4. The van der Waals surface area contributed by atoms with Crippen LogP contribution in [0, 0.1) is 23.3 Å². The lowest BCUT2D eigenvalue weighted by atomic mass is 10.3. The van der Waals surface area contributed by atoms with Crippen LogP contribution in [0.25, 0.3) is 0 Å². The Morgan fingerprint density at radius 1 is 0.857 bits per heavy atom. The monoisotopic (exact) mass is 230 g/mol. The average molecular weight is 231 g/mol. The van der Waals surface area contributed by atoms with E-state index in [1.54, 1.807) is 0 Å². The van der Waals surface area contributed by atoms with Gasteiger partial charge in [0.1, 0.15) is 5.02 Å². The molecule has 0 heterocycles. The number of phenolic OH excluding ortho intramolecular Hbond substituents is 1. The molecule has 6 heteroatoms. The van der Waals surface area contributed by atoms with Crippen molar-refractivity contribution in [1.82, 2.24) is 0 Å². The van der Waals surface area contributed by atoms with Gasteiger partial charge < -0.3 is 5.11 Å². The van der Waals surface area contributed by atoms with Gasteiger partial charge in [-0.15, -0.1) is 0 Å². The summed E-state index contributed by atoms with van der Waals surface area (Å²) in [5, 5.41) is 7.09. The Bertz CT molecular complexity index is 236. The third kappa shape index (κ3) is 2.09. The molecule has 0 fully saturated rings. The first-order chi connectivity index (χ1) is 6.46. The Morgan fingerprint density at radius 2 is 1.14 bits per heavy atom. The molecule has 14 heavy (non-hydrogen) atoms. The first kappa shape index (κ1) is 13.0. The van der Waals surface area contributed by atoms with Crippen molar-refractivity contribution in [2.45, 2.75) is 13.8 Å². The fourth-order valence-electron chi connectivity index (χ4n) is 0.593. The molecule has 1 nitrogen and oxygen atoms in total. The van der Waals surface area contributed by atoms with E-state index >= 15 is 0 Å². The predicted molar refractivity (Wildman–Crippen MR) is 44.3 cm³/mol. The zero-order valence-corrected chi connectivity index (χ0v) is 8.09. The van der Waals surface area contributed by atoms with Gasteiger partial charge in [0.15, 0.2) is 17.4 Å². The van der Waals surface area contributed by atoms with Gasteiger partial charge in [0.05, 0.1) is 0 Å². The number of rotatable bonds is 0. The molecule has 80 valence electrons. The fourth-order valence-corrected chi connectivity index (χ4v) is 0.759.